The number of carbonyl (C=O) groups is 1. The molecule has 4 rings (SSSR count). The first-order chi connectivity index (χ1) is 12.5. The van der Waals surface area contributed by atoms with Gasteiger partial charge in [0.15, 0.2) is 5.78 Å². The lowest BCUT2D eigenvalue weighted by molar-refractivity contribution is 0.101. The van der Waals surface area contributed by atoms with Crippen LogP contribution >= 0.6 is 11.3 Å². The number of benzene rings is 2. The standard InChI is InChI=1S/C19H18N2O3S2/c1-13(22)14-8-10-15(11-9-14)26(23,24)21-12-4-6-17(21)19-20-16-5-2-3-7-18(16)25-19/h2-3,5,7-11,17H,4,6,12H2,1H3/t17-/m1/s1. The highest BCUT2D eigenvalue weighted by atomic mass is 32.2. The van der Waals surface area contributed by atoms with E-state index in [1.807, 2.05) is 24.3 Å². The molecule has 0 saturated carbocycles. The van der Waals surface area contributed by atoms with Gasteiger partial charge < -0.3 is 0 Å². The van der Waals surface area contributed by atoms with E-state index in [9.17, 15) is 13.2 Å². The molecule has 1 saturated heterocycles. The van der Waals surface area contributed by atoms with Crippen molar-refractivity contribution in [3.8, 4) is 0 Å². The van der Waals surface area contributed by atoms with E-state index in [0.29, 0.717) is 12.1 Å². The Hall–Kier alpha value is -2.09. The predicted octanol–water partition coefficient (Wildman–Crippen LogP) is 4.02. The number of fused-ring (bicyclic) bond motifs is 1. The summed E-state index contributed by atoms with van der Waals surface area (Å²) in [5.74, 6) is -0.0810. The van der Waals surface area contributed by atoms with Crippen molar-refractivity contribution in [2.24, 2.45) is 0 Å². The van der Waals surface area contributed by atoms with Crippen molar-refractivity contribution in [3.05, 3.63) is 59.1 Å². The second-order valence-corrected chi connectivity index (χ2v) is 9.33. The zero-order valence-corrected chi connectivity index (χ0v) is 15.9. The number of hydrogen-bond donors (Lipinski definition) is 0. The second kappa shape index (κ2) is 6.57. The van der Waals surface area contributed by atoms with Crippen molar-refractivity contribution in [2.45, 2.75) is 30.7 Å². The highest BCUT2D eigenvalue weighted by Crippen LogP contribution is 2.39. The van der Waals surface area contributed by atoms with Gasteiger partial charge in [-0.3, -0.25) is 4.79 Å². The van der Waals surface area contributed by atoms with Crippen molar-refractivity contribution in [2.75, 3.05) is 6.54 Å². The molecule has 1 aliphatic rings. The first-order valence-corrected chi connectivity index (χ1v) is 10.7. The minimum atomic E-state index is -3.63. The topological polar surface area (TPSA) is 67.3 Å². The number of sulfonamides is 1. The highest BCUT2D eigenvalue weighted by molar-refractivity contribution is 7.89. The summed E-state index contributed by atoms with van der Waals surface area (Å²) in [4.78, 5) is 16.3. The molecule has 0 aliphatic carbocycles. The molecule has 0 N–H and O–H groups in total. The van der Waals surface area contributed by atoms with E-state index in [4.69, 9.17) is 0 Å². The largest absolute Gasteiger partial charge is 0.295 e. The monoisotopic (exact) mass is 386 g/mol. The molecule has 7 heteroatoms. The van der Waals surface area contributed by atoms with E-state index in [-0.39, 0.29) is 16.7 Å². The molecule has 0 amide bonds. The molecule has 1 fully saturated rings. The zero-order chi connectivity index (χ0) is 18.3. The minimum Gasteiger partial charge on any atom is -0.295 e. The first-order valence-electron chi connectivity index (χ1n) is 8.45. The van der Waals surface area contributed by atoms with E-state index >= 15 is 0 Å². The van der Waals surface area contributed by atoms with Crippen LogP contribution in [-0.2, 0) is 10.0 Å². The van der Waals surface area contributed by atoms with Gasteiger partial charge in [0.25, 0.3) is 0 Å². The number of Topliss-reactive ketones (excluding diaryl/α,β-unsaturated/α-hetero) is 1. The Balaban J connectivity index is 1.69. The molecular weight excluding hydrogens is 368 g/mol. The molecular formula is C19H18N2O3S2. The summed E-state index contributed by atoms with van der Waals surface area (Å²) in [5, 5.41) is 0.840. The third-order valence-corrected chi connectivity index (χ3v) is 7.73. The van der Waals surface area contributed by atoms with E-state index in [0.717, 1.165) is 28.1 Å². The van der Waals surface area contributed by atoms with Crippen molar-refractivity contribution in [1.82, 2.24) is 9.29 Å². The van der Waals surface area contributed by atoms with Gasteiger partial charge in [-0.1, -0.05) is 24.3 Å². The lowest BCUT2D eigenvalue weighted by Gasteiger charge is -2.22. The van der Waals surface area contributed by atoms with Gasteiger partial charge >= 0.3 is 0 Å². The normalized spacial score (nSPS) is 18.4. The van der Waals surface area contributed by atoms with Crippen molar-refractivity contribution in [1.29, 1.82) is 0 Å². The maximum absolute atomic E-state index is 13.1. The fraction of sp³-hybridized carbons (Fsp3) is 0.263. The Morgan fingerprint density at radius 3 is 2.58 bits per heavy atom. The molecule has 2 aromatic carbocycles. The van der Waals surface area contributed by atoms with Crippen LogP contribution in [0.25, 0.3) is 10.2 Å². The van der Waals surface area contributed by atoms with Gasteiger partial charge in [-0.25, -0.2) is 13.4 Å². The number of rotatable bonds is 4. The molecule has 26 heavy (non-hydrogen) atoms. The summed E-state index contributed by atoms with van der Waals surface area (Å²) in [6.45, 7) is 1.95. The van der Waals surface area contributed by atoms with Crippen LogP contribution in [0.5, 0.6) is 0 Å². The van der Waals surface area contributed by atoms with Crippen LogP contribution in [0.3, 0.4) is 0 Å². The van der Waals surface area contributed by atoms with E-state index in [2.05, 4.69) is 4.98 Å². The second-order valence-electron chi connectivity index (χ2n) is 6.37. The third kappa shape index (κ3) is 2.96. The molecule has 3 aromatic rings. The number of aromatic nitrogens is 1. The first kappa shape index (κ1) is 17.3. The van der Waals surface area contributed by atoms with Crippen LogP contribution in [-0.4, -0.2) is 30.0 Å². The van der Waals surface area contributed by atoms with Gasteiger partial charge in [-0.05, 0) is 44.0 Å². The number of nitrogens with zero attached hydrogens (tertiary/aromatic N) is 2. The molecule has 1 atom stereocenters. The fourth-order valence-electron chi connectivity index (χ4n) is 3.30. The van der Waals surface area contributed by atoms with Crippen LogP contribution in [0.4, 0.5) is 0 Å². The van der Waals surface area contributed by atoms with Crippen LogP contribution in [0.15, 0.2) is 53.4 Å². The van der Waals surface area contributed by atoms with Crippen molar-refractivity contribution in [3.63, 3.8) is 0 Å². The Morgan fingerprint density at radius 1 is 1.15 bits per heavy atom. The SMILES string of the molecule is CC(=O)c1ccc(S(=O)(=O)N2CCC[C@@H]2c2nc3ccccc3s2)cc1. The summed E-state index contributed by atoms with van der Waals surface area (Å²) in [6.07, 6.45) is 1.58. The lowest BCUT2D eigenvalue weighted by atomic mass is 10.2. The molecule has 1 aromatic heterocycles. The van der Waals surface area contributed by atoms with Gasteiger partial charge in [0.05, 0.1) is 21.2 Å². The molecule has 0 bridgehead atoms. The molecule has 5 nitrogen and oxygen atoms in total. The summed E-state index contributed by atoms with van der Waals surface area (Å²) in [7, 11) is -3.63. The lowest BCUT2D eigenvalue weighted by Crippen LogP contribution is -2.30. The highest BCUT2D eigenvalue weighted by Gasteiger charge is 2.37. The summed E-state index contributed by atoms with van der Waals surface area (Å²) >= 11 is 1.55. The van der Waals surface area contributed by atoms with E-state index in [1.165, 1.54) is 19.1 Å². The van der Waals surface area contributed by atoms with Crippen LogP contribution in [0.2, 0.25) is 0 Å². The molecule has 0 spiro atoms. The maximum Gasteiger partial charge on any atom is 0.243 e. The third-order valence-electron chi connectivity index (χ3n) is 4.67. The maximum atomic E-state index is 13.1. The number of thiazole rings is 1. The van der Waals surface area contributed by atoms with Gasteiger partial charge in [0.2, 0.25) is 10.0 Å². The number of carbonyl (C=O) groups excluding carboxylic acids is 1. The Morgan fingerprint density at radius 2 is 1.88 bits per heavy atom. The van der Waals surface area contributed by atoms with Crippen molar-refractivity contribution < 1.29 is 13.2 Å². The Labute approximate surface area is 156 Å². The van der Waals surface area contributed by atoms with E-state index < -0.39 is 10.0 Å². The van der Waals surface area contributed by atoms with Crippen LogP contribution in [0, 0.1) is 0 Å². The minimum absolute atomic E-state index is 0.0810. The quantitative estimate of drug-likeness (QED) is 0.635. The number of para-hydroxylation sites is 1. The molecule has 0 radical (unpaired) electrons. The summed E-state index contributed by atoms with van der Waals surface area (Å²) in [5.41, 5.74) is 1.41. The molecule has 1 aliphatic heterocycles. The summed E-state index contributed by atoms with van der Waals surface area (Å²) < 4.78 is 28.9. The van der Waals surface area contributed by atoms with Gasteiger partial charge in [-0.15, -0.1) is 11.3 Å². The van der Waals surface area contributed by atoms with Gasteiger partial charge in [0, 0.05) is 12.1 Å². The van der Waals surface area contributed by atoms with Crippen molar-refractivity contribution >= 4 is 37.4 Å². The Bertz CT molecular complexity index is 1040. The smallest absolute Gasteiger partial charge is 0.243 e. The van der Waals surface area contributed by atoms with Crippen LogP contribution < -0.4 is 0 Å². The average molecular weight is 386 g/mol. The summed E-state index contributed by atoms with van der Waals surface area (Å²) in [6, 6.07) is 13.8. The van der Waals surface area contributed by atoms with Crippen LogP contribution in [0.1, 0.15) is 41.2 Å². The molecule has 2 heterocycles. The number of ketones is 1. The van der Waals surface area contributed by atoms with Gasteiger partial charge in [0.1, 0.15) is 5.01 Å². The van der Waals surface area contributed by atoms with Gasteiger partial charge in [-0.2, -0.15) is 4.31 Å². The number of hydrogen-bond acceptors (Lipinski definition) is 5. The zero-order valence-electron chi connectivity index (χ0n) is 14.3. The average Bonchev–Trinajstić information content (AvgIpc) is 3.28. The molecule has 0 unspecified atom stereocenters. The Kier molecular flexibility index (Phi) is 4.38. The van der Waals surface area contributed by atoms with E-state index in [1.54, 1.807) is 27.8 Å². The molecule has 134 valence electrons. The predicted molar refractivity (Wildman–Crippen MR) is 102 cm³/mol. The fourth-order valence-corrected chi connectivity index (χ4v) is 6.15.